The minimum atomic E-state index is -1.17. The Morgan fingerprint density at radius 3 is 2.50 bits per heavy atom. The second kappa shape index (κ2) is 6.18. The molecular formula is C14H16N4O3S. The zero-order chi connectivity index (χ0) is 16.3. The second-order valence-electron chi connectivity index (χ2n) is 5.65. The quantitative estimate of drug-likeness (QED) is 0.891. The zero-order valence-corrected chi connectivity index (χ0v) is 13.3. The maximum absolute atomic E-state index is 12.0. The van der Waals surface area contributed by atoms with E-state index < -0.39 is 11.9 Å². The molecule has 0 aromatic carbocycles. The fourth-order valence-corrected chi connectivity index (χ4v) is 2.39. The molecule has 2 aromatic rings. The van der Waals surface area contributed by atoms with E-state index >= 15 is 0 Å². The van der Waals surface area contributed by atoms with Gasteiger partial charge >= 0.3 is 5.97 Å². The number of rotatable bonds is 4. The van der Waals surface area contributed by atoms with E-state index in [1.807, 2.05) is 20.8 Å². The summed E-state index contributed by atoms with van der Waals surface area (Å²) in [5, 5.41) is 21.2. The van der Waals surface area contributed by atoms with Crippen LogP contribution in [0.3, 0.4) is 0 Å². The summed E-state index contributed by atoms with van der Waals surface area (Å²) < 4.78 is 0. The van der Waals surface area contributed by atoms with Crippen LogP contribution in [0.2, 0.25) is 0 Å². The van der Waals surface area contributed by atoms with Gasteiger partial charge in [0, 0.05) is 5.41 Å². The first kappa shape index (κ1) is 16.0. The topological polar surface area (TPSA) is 105 Å². The molecule has 2 N–H and O–H groups in total. The van der Waals surface area contributed by atoms with Gasteiger partial charge in [0.25, 0.3) is 5.91 Å². The number of aromatic nitrogens is 3. The first-order valence-corrected chi connectivity index (χ1v) is 7.40. The molecule has 22 heavy (non-hydrogen) atoms. The highest BCUT2D eigenvalue weighted by molar-refractivity contribution is 7.11. The SMILES string of the molecule is CC(C)(C)c1nnc(CNC(=O)c2cccc(C(=O)O)n2)s1. The molecule has 0 saturated carbocycles. The predicted octanol–water partition coefficient (Wildman–Crippen LogP) is 1.86. The largest absolute Gasteiger partial charge is 0.477 e. The fraction of sp³-hybridized carbons (Fsp3) is 0.357. The molecule has 0 bridgehead atoms. The molecule has 2 aromatic heterocycles. The molecule has 0 aliphatic carbocycles. The zero-order valence-electron chi connectivity index (χ0n) is 12.5. The van der Waals surface area contributed by atoms with Crippen molar-refractivity contribution in [2.45, 2.75) is 32.7 Å². The smallest absolute Gasteiger partial charge is 0.354 e. The monoisotopic (exact) mass is 320 g/mol. The van der Waals surface area contributed by atoms with Crippen molar-refractivity contribution < 1.29 is 14.7 Å². The molecule has 0 aliphatic rings. The number of carboxylic acids is 1. The van der Waals surface area contributed by atoms with Crippen molar-refractivity contribution in [2.24, 2.45) is 0 Å². The Labute approximate surface area is 131 Å². The Morgan fingerprint density at radius 1 is 1.23 bits per heavy atom. The van der Waals surface area contributed by atoms with E-state index in [-0.39, 0.29) is 23.3 Å². The molecule has 0 atom stereocenters. The number of nitrogens with one attached hydrogen (secondary N) is 1. The summed E-state index contributed by atoms with van der Waals surface area (Å²) >= 11 is 1.43. The number of hydrogen-bond donors (Lipinski definition) is 2. The molecule has 0 aliphatic heterocycles. The highest BCUT2D eigenvalue weighted by atomic mass is 32.1. The van der Waals surface area contributed by atoms with Crippen molar-refractivity contribution in [1.82, 2.24) is 20.5 Å². The molecule has 2 rings (SSSR count). The average molecular weight is 320 g/mol. The number of carbonyl (C=O) groups excluding carboxylic acids is 1. The first-order valence-electron chi connectivity index (χ1n) is 6.59. The summed E-state index contributed by atoms with van der Waals surface area (Å²) in [5.41, 5.74) is -0.198. The fourth-order valence-electron chi connectivity index (χ4n) is 1.55. The van der Waals surface area contributed by atoms with Gasteiger partial charge in [0.05, 0.1) is 6.54 Å². The minimum Gasteiger partial charge on any atom is -0.477 e. The number of pyridine rings is 1. The van der Waals surface area contributed by atoms with Crippen LogP contribution in [0, 0.1) is 0 Å². The Balaban J connectivity index is 2.02. The summed E-state index contributed by atoms with van der Waals surface area (Å²) in [6.07, 6.45) is 0. The number of carbonyl (C=O) groups is 2. The van der Waals surface area contributed by atoms with Gasteiger partial charge in [-0.15, -0.1) is 10.2 Å². The van der Waals surface area contributed by atoms with Crippen LogP contribution in [-0.2, 0) is 12.0 Å². The molecule has 0 radical (unpaired) electrons. The number of carboxylic acid groups (broad SMARTS) is 1. The number of hydrogen-bond acceptors (Lipinski definition) is 6. The van der Waals surface area contributed by atoms with Crippen LogP contribution >= 0.6 is 11.3 Å². The van der Waals surface area contributed by atoms with Gasteiger partial charge in [-0.25, -0.2) is 9.78 Å². The van der Waals surface area contributed by atoms with Crippen molar-refractivity contribution in [3.05, 3.63) is 39.6 Å². The van der Waals surface area contributed by atoms with Crippen molar-refractivity contribution >= 4 is 23.2 Å². The third kappa shape index (κ3) is 3.85. The summed E-state index contributed by atoms with van der Waals surface area (Å²) in [5.74, 6) is -1.62. The Hall–Kier alpha value is -2.35. The van der Waals surface area contributed by atoms with Gasteiger partial charge in [-0.2, -0.15) is 0 Å². The van der Waals surface area contributed by atoms with Crippen molar-refractivity contribution in [3.8, 4) is 0 Å². The van der Waals surface area contributed by atoms with Crippen LogP contribution in [0.25, 0.3) is 0 Å². The summed E-state index contributed by atoms with van der Waals surface area (Å²) in [6.45, 7) is 6.34. The van der Waals surface area contributed by atoms with E-state index in [0.29, 0.717) is 5.01 Å². The number of aromatic carboxylic acids is 1. The first-order chi connectivity index (χ1) is 10.3. The standard InChI is InChI=1S/C14H16N4O3S/c1-14(2,3)13-18-17-10(22-13)7-15-11(19)8-5-4-6-9(16-8)12(20)21/h4-6H,7H2,1-3H3,(H,15,19)(H,20,21). The van der Waals surface area contributed by atoms with Gasteiger partial charge in [0.15, 0.2) is 0 Å². The summed E-state index contributed by atoms with van der Waals surface area (Å²) in [7, 11) is 0. The number of nitrogens with zero attached hydrogens (tertiary/aromatic N) is 3. The second-order valence-corrected chi connectivity index (χ2v) is 6.71. The minimum absolute atomic E-state index is 0.0560. The van der Waals surface area contributed by atoms with E-state index in [1.54, 1.807) is 0 Å². The van der Waals surface area contributed by atoms with Crippen LogP contribution in [0.1, 0.15) is 51.8 Å². The lowest BCUT2D eigenvalue weighted by Gasteiger charge is -2.12. The van der Waals surface area contributed by atoms with Gasteiger partial charge in [-0.1, -0.05) is 38.2 Å². The van der Waals surface area contributed by atoms with Crippen LogP contribution in [-0.4, -0.2) is 32.2 Å². The third-order valence-electron chi connectivity index (χ3n) is 2.71. The van der Waals surface area contributed by atoms with E-state index in [9.17, 15) is 9.59 Å². The van der Waals surface area contributed by atoms with Gasteiger partial charge in [0.1, 0.15) is 21.4 Å². The average Bonchev–Trinajstić information content (AvgIpc) is 2.94. The summed E-state index contributed by atoms with van der Waals surface area (Å²) in [6, 6.07) is 4.27. The lowest BCUT2D eigenvalue weighted by molar-refractivity contribution is 0.0690. The maximum Gasteiger partial charge on any atom is 0.354 e. The summed E-state index contributed by atoms with van der Waals surface area (Å²) in [4.78, 5) is 26.6. The molecule has 0 unspecified atom stereocenters. The Morgan fingerprint density at radius 2 is 1.91 bits per heavy atom. The molecule has 116 valence electrons. The van der Waals surface area contributed by atoms with E-state index in [0.717, 1.165) is 5.01 Å². The van der Waals surface area contributed by atoms with Gasteiger partial charge in [0.2, 0.25) is 0 Å². The van der Waals surface area contributed by atoms with E-state index in [2.05, 4.69) is 20.5 Å². The Bertz CT molecular complexity index is 706. The van der Waals surface area contributed by atoms with E-state index in [1.165, 1.54) is 29.5 Å². The molecule has 8 heteroatoms. The highest BCUT2D eigenvalue weighted by Crippen LogP contribution is 2.25. The molecule has 0 fully saturated rings. The van der Waals surface area contributed by atoms with Crippen LogP contribution in [0.4, 0.5) is 0 Å². The van der Waals surface area contributed by atoms with Gasteiger partial charge in [-0.3, -0.25) is 4.79 Å². The Kier molecular flexibility index (Phi) is 4.51. The normalized spacial score (nSPS) is 11.2. The van der Waals surface area contributed by atoms with Gasteiger partial charge < -0.3 is 10.4 Å². The van der Waals surface area contributed by atoms with Crippen LogP contribution in [0.5, 0.6) is 0 Å². The molecule has 2 heterocycles. The van der Waals surface area contributed by atoms with E-state index in [4.69, 9.17) is 5.11 Å². The van der Waals surface area contributed by atoms with Crippen molar-refractivity contribution in [1.29, 1.82) is 0 Å². The van der Waals surface area contributed by atoms with Crippen LogP contribution in [0.15, 0.2) is 18.2 Å². The molecule has 0 spiro atoms. The molecular weight excluding hydrogens is 304 g/mol. The lowest BCUT2D eigenvalue weighted by Crippen LogP contribution is -2.24. The molecule has 0 saturated heterocycles. The molecule has 7 nitrogen and oxygen atoms in total. The van der Waals surface area contributed by atoms with Crippen molar-refractivity contribution in [3.63, 3.8) is 0 Å². The maximum atomic E-state index is 12.0. The predicted molar refractivity (Wildman–Crippen MR) is 81.0 cm³/mol. The van der Waals surface area contributed by atoms with Gasteiger partial charge in [-0.05, 0) is 12.1 Å². The third-order valence-corrected chi connectivity index (χ3v) is 4.06. The van der Waals surface area contributed by atoms with Crippen molar-refractivity contribution in [2.75, 3.05) is 0 Å². The molecule has 1 amide bonds. The van der Waals surface area contributed by atoms with Crippen LogP contribution < -0.4 is 5.32 Å². The highest BCUT2D eigenvalue weighted by Gasteiger charge is 2.19. The number of amides is 1. The lowest BCUT2D eigenvalue weighted by atomic mass is 9.98.